The van der Waals surface area contributed by atoms with Crippen LogP contribution in [0.2, 0.25) is 0 Å². The van der Waals surface area contributed by atoms with Crippen molar-refractivity contribution < 1.29 is 18.0 Å². The summed E-state index contributed by atoms with van der Waals surface area (Å²) >= 11 is 2.57. The minimum Gasteiger partial charge on any atom is -0.333 e. The number of sulfone groups is 1. The van der Waals surface area contributed by atoms with Gasteiger partial charge >= 0.3 is 0 Å². The van der Waals surface area contributed by atoms with Crippen LogP contribution in [0.5, 0.6) is 0 Å². The molecule has 0 radical (unpaired) electrons. The van der Waals surface area contributed by atoms with Gasteiger partial charge in [0.05, 0.1) is 43.4 Å². The van der Waals surface area contributed by atoms with Gasteiger partial charge in [0.15, 0.2) is 10.3 Å². The van der Waals surface area contributed by atoms with E-state index in [9.17, 15) is 18.0 Å². The molecule has 4 aromatic carbocycles. The zero-order chi connectivity index (χ0) is 31.6. The van der Waals surface area contributed by atoms with Crippen molar-refractivity contribution in [1.82, 2.24) is 19.9 Å². The number of fused-ring (bicyclic) bond motifs is 2. The van der Waals surface area contributed by atoms with Gasteiger partial charge in [-0.1, -0.05) is 35.7 Å². The number of carbonyl (C=O) groups is 2. The number of aromatic amines is 2. The molecule has 0 unspecified atom stereocenters. The number of aryl methyl sites for hydroxylation is 2. The van der Waals surface area contributed by atoms with Crippen LogP contribution in [0.4, 0.5) is 11.4 Å². The van der Waals surface area contributed by atoms with Gasteiger partial charge in [-0.25, -0.2) is 18.4 Å². The van der Waals surface area contributed by atoms with Crippen LogP contribution in [0.1, 0.15) is 11.1 Å². The Balaban J connectivity index is 1.01. The van der Waals surface area contributed by atoms with Crippen molar-refractivity contribution in [3.8, 4) is 0 Å². The quantitative estimate of drug-likeness (QED) is 0.125. The second kappa shape index (κ2) is 12.8. The lowest BCUT2D eigenvalue weighted by Gasteiger charge is -2.09. The summed E-state index contributed by atoms with van der Waals surface area (Å²) in [6, 6.07) is 23.8. The molecule has 0 aliphatic heterocycles. The maximum atomic E-state index is 13.2. The summed E-state index contributed by atoms with van der Waals surface area (Å²) in [6.45, 7) is 4.00. The first-order valence-electron chi connectivity index (χ1n) is 13.9. The Bertz CT molecular complexity index is 1990. The Kier molecular flexibility index (Phi) is 8.65. The molecule has 0 bridgehead atoms. The van der Waals surface area contributed by atoms with E-state index in [-0.39, 0.29) is 33.1 Å². The lowest BCUT2D eigenvalue weighted by molar-refractivity contribution is -0.114. The Morgan fingerprint density at radius 3 is 1.44 bits per heavy atom. The van der Waals surface area contributed by atoms with Crippen LogP contribution in [-0.4, -0.2) is 51.7 Å². The third kappa shape index (κ3) is 7.22. The molecule has 0 saturated carbocycles. The van der Waals surface area contributed by atoms with E-state index in [2.05, 4.69) is 30.6 Å². The van der Waals surface area contributed by atoms with Gasteiger partial charge in [0.2, 0.25) is 21.7 Å². The SMILES string of the molecule is Cc1ccc2nc(SCC(=O)Nc3ccc(S(=O)(=O)c4ccc(NC(=O)CSc5nc6ccc(C)cc6[nH]5)cc4)cc3)[nH]c2c1. The molecule has 2 amide bonds. The smallest absolute Gasteiger partial charge is 0.234 e. The standard InChI is InChI=1S/C32H28N6O4S3/c1-19-3-13-25-27(15-19)37-31(35-25)43-17-29(39)33-21-5-9-23(10-6-21)45(41,42)24-11-7-22(8-12-24)34-30(40)18-44-32-36-26-14-4-20(2)16-28(26)38-32/h3-16H,17-18H2,1-2H3,(H,33,39)(H,34,40)(H,35,37)(H,36,38). The zero-order valence-corrected chi connectivity index (χ0v) is 26.7. The molecule has 6 aromatic rings. The fourth-order valence-electron chi connectivity index (χ4n) is 4.57. The molecule has 4 N–H and O–H groups in total. The molecule has 0 aliphatic carbocycles. The Labute approximate surface area is 267 Å². The molecule has 0 fully saturated rings. The molecule has 6 rings (SSSR count). The van der Waals surface area contributed by atoms with Crippen LogP contribution in [-0.2, 0) is 19.4 Å². The summed E-state index contributed by atoms with van der Waals surface area (Å²) in [4.78, 5) is 40.5. The third-order valence-corrected chi connectivity index (χ3v) is 10.3. The first-order chi connectivity index (χ1) is 21.6. The first kappa shape index (κ1) is 30.4. The van der Waals surface area contributed by atoms with Crippen molar-refractivity contribution in [1.29, 1.82) is 0 Å². The number of H-pyrrole nitrogens is 2. The number of rotatable bonds is 10. The lowest BCUT2D eigenvalue weighted by Crippen LogP contribution is -2.14. The number of hydrogen-bond acceptors (Lipinski definition) is 8. The summed E-state index contributed by atoms with van der Waals surface area (Å²) in [7, 11) is -3.81. The van der Waals surface area contributed by atoms with Crippen molar-refractivity contribution in [2.24, 2.45) is 0 Å². The molecule has 228 valence electrons. The van der Waals surface area contributed by atoms with Gasteiger partial charge in [-0.3, -0.25) is 9.59 Å². The maximum Gasteiger partial charge on any atom is 0.234 e. The predicted molar refractivity (Wildman–Crippen MR) is 179 cm³/mol. The number of nitrogens with one attached hydrogen (secondary N) is 4. The number of thioether (sulfide) groups is 2. The molecule has 0 spiro atoms. The molecule has 45 heavy (non-hydrogen) atoms. The summed E-state index contributed by atoms with van der Waals surface area (Å²) in [5, 5.41) is 6.86. The molecule has 2 aromatic heterocycles. The number of aromatic nitrogens is 4. The average Bonchev–Trinajstić information content (AvgIpc) is 3.62. The highest BCUT2D eigenvalue weighted by Crippen LogP contribution is 2.25. The fraction of sp³-hybridized carbons (Fsp3) is 0.125. The molecular formula is C32H28N6O4S3. The third-order valence-electron chi connectivity index (χ3n) is 6.81. The summed E-state index contributed by atoms with van der Waals surface area (Å²) in [6.07, 6.45) is 0. The monoisotopic (exact) mass is 656 g/mol. The van der Waals surface area contributed by atoms with Crippen LogP contribution < -0.4 is 10.6 Å². The van der Waals surface area contributed by atoms with Crippen molar-refractivity contribution in [3.05, 3.63) is 96.1 Å². The van der Waals surface area contributed by atoms with Gasteiger partial charge in [-0.05, 0) is 97.8 Å². The van der Waals surface area contributed by atoms with E-state index < -0.39 is 9.84 Å². The highest BCUT2D eigenvalue weighted by Gasteiger charge is 2.18. The second-order valence-electron chi connectivity index (χ2n) is 10.4. The first-order valence-corrected chi connectivity index (χ1v) is 17.3. The van der Waals surface area contributed by atoms with Crippen molar-refractivity contribution in [2.75, 3.05) is 22.1 Å². The Morgan fingerprint density at radius 2 is 1.04 bits per heavy atom. The minimum absolute atomic E-state index is 0.0849. The van der Waals surface area contributed by atoms with Crippen molar-refractivity contribution >= 4 is 78.6 Å². The van der Waals surface area contributed by atoms with Crippen molar-refractivity contribution in [2.45, 2.75) is 34.0 Å². The van der Waals surface area contributed by atoms with Crippen LogP contribution in [0.25, 0.3) is 22.1 Å². The normalized spacial score (nSPS) is 11.6. The van der Waals surface area contributed by atoms with Gasteiger partial charge in [0.25, 0.3) is 0 Å². The largest absolute Gasteiger partial charge is 0.333 e. The molecule has 0 aliphatic rings. The molecule has 13 heteroatoms. The number of anilines is 2. The van der Waals surface area contributed by atoms with Crippen molar-refractivity contribution in [3.63, 3.8) is 0 Å². The summed E-state index contributed by atoms with van der Waals surface area (Å²) in [5.41, 5.74) is 6.70. The highest BCUT2D eigenvalue weighted by molar-refractivity contribution is 8.00. The van der Waals surface area contributed by atoms with Crippen LogP contribution in [0, 0.1) is 13.8 Å². The van der Waals surface area contributed by atoms with E-state index in [4.69, 9.17) is 0 Å². The molecule has 10 nitrogen and oxygen atoms in total. The van der Waals surface area contributed by atoms with Gasteiger partial charge in [-0.2, -0.15) is 0 Å². The minimum atomic E-state index is -3.81. The number of hydrogen-bond donors (Lipinski definition) is 4. The fourth-order valence-corrected chi connectivity index (χ4v) is 7.20. The number of imidazole rings is 2. The molecule has 0 atom stereocenters. The van der Waals surface area contributed by atoms with E-state index in [0.29, 0.717) is 21.7 Å². The van der Waals surface area contributed by atoms with E-state index in [1.165, 1.54) is 47.8 Å². The number of benzene rings is 4. The average molecular weight is 657 g/mol. The molecular weight excluding hydrogens is 629 g/mol. The van der Waals surface area contributed by atoms with Crippen LogP contribution in [0.3, 0.4) is 0 Å². The maximum absolute atomic E-state index is 13.2. The number of carbonyl (C=O) groups excluding carboxylic acids is 2. The van der Waals surface area contributed by atoms with Gasteiger partial charge < -0.3 is 20.6 Å². The van der Waals surface area contributed by atoms with Gasteiger partial charge in [-0.15, -0.1) is 0 Å². The van der Waals surface area contributed by atoms with Crippen LogP contribution >= 0.6 is 23.5 Å². The van der Waals surface area contributed by atoms with E-state index in [1.54, 1.807) is 24.3 Å². The summed E-state index contributed by atoms with van der Waals surface area (Å²) in [5.74, 6) is -0.202. The molecule has 2 heterocycles. The zero-order valence-electron chi connectivity index (χ0n) is 24.2. The second-order valence-corrected chi connectivity index (χ2v) is 14.2. The highest BCUT2D eigenvalue weighted by atomic mass is 32.2. The Morgan fingerprint density at radius 1 is 0.644 bits per heavy atom. The van der Waals surface area contributed by atoms with Gasteiger partial charge in [0.1, 0.15) is 0 Å². The van der Waals surface area contributed by atoms with Gasteiger partial charge in [0, 0.05) is 11.4 Å². The predicted octanol–water partition coefficient (Wildman–Crippen LogP) is 6.35. The van der Waals surface area contributed by atoms with E-state index in [1.807, 2.05) is 50.2 Å². The van der Waals surface area contributed by atoms with Crippen LogP contribution in [0.15, 0.2) is 105 Å². The lowest BCUT2D eigenvalue weighted by atomic mass is 10.2. The number of nitrogens with zero attached hydrogens (tertiary/aromatic N) is 2. The molecule has 0 saturated heterocycles. The Hall–Kier alpha value is -4.59. The number of amides is 2. The van der Waals surface area contributed by atoms with E-state index in [0.717, 1.165) is 33.2 Å². The summed E-state index contributed by atoms with van der Waals surface area (Å²) < 4.78 is 26.4. The van der Waals surface area contributed by atoms with E-state index >= 15 is 0 Å². The topological polar surface area (TPSA) is 150 Å².